The lowest BCUT2D eigenvalue weighted by Crippen LogP contribution is -2.25. The number of hydrogen-bond donors (Lipinski definition) is 2. The molecule has 2 rings (SSSR count). The van der Waals surface area contributed by atoms with Crippen LogP contribution in [-0.4, -0.2) is 25.9 Å². The molecule has 21 heavy (non-hydrogen) atoms. The quantitative estimate of drug-likeness (QED) is 0.619. The highest BCUT2D eigenvalue weighted by molar-refractivity contribution is 7.89. The summed E-state index contributed by atoms with van der Waals surface area (Å²) in [7, 11) is -3.62. The van der Waals surface area contributed by atoms with Crippen molar-refractivity contribution in [1.29, 1.82) is 0 Å². The molecule has 1 aromatic heterocycles. The van der Waals surface area contributed by atoms with Crippen molar-refractivity contribution in [2.75, 3.05) is 6.54 Å². The summed E-state index contributed by atoms with van der Waals surface area (Å²) in [5.41, 5.74) is 5.61. The van der Waals surface area contributed by atoms with Gasteiger partial charge in [-0.1, -0.05) is 11.6 Å². The number of primary amides is 1. The molecule has 1 amide bonds. The lowest BCUT2D eigenvalue weighted by atomic mass is 10.2. The maximum Gasteiger partial charge on any atom is 0.240 e. The van der Waals surface area contributed by atoms with E-state index in [0.717, 1.165) is 0 Å². The largest absolute Gasteiger partial charge is 0.370 e. The second kappa shape index (κ2) is 6.38. The van der Waals surface area contributed by atoms with Crippen molar-refractivity contribution in [2.24, 2.45) is 5.73 Å². The molecule has 1 aromatic carbocycles. The first-order valence-electron chi connectivity index (χ1n) is 6.23. The third-order valence-electron chi connectivity index (χ3n) is 2.83. The number of hydrogen-bond acceptors (Lipinski definition) is 4. The molecule has 0 aliphatic carbocycles. The van der Waals surface area contributed by atoms with E-state index in [4.69, 9.17) is 17.3 Å². The van der Waals surface area contributed by atoms with Crippen molar-refractivity contribution in [3.63, 3.8) is 0 Å². The highest BCUT2D eigenvalue weighted by atomic mass is 35.5. The number of amides is 1. The summed E-state index contributed by atoms with van der Waals surface area (Å²) in [6.07, 6.45) is 0.502. The van der Waals surface area contributed by atoms with Gasteiger partial charge in [0.25, 0.3) is 0 Å². The molecule has 8 heteroatoms. The third-order valence-corrected chi connectivity index (χ3v) is 4.50. The Labute approximate surface area is 127 Å². The van der Waals surface area contributed by atoms with Crippen LogP contribution in [-0.2, 0) is 14.8 Å². The van der Waals surface area contributed by atoms with Gasteiger partial charge in [-0.15, -0.1) is 0 Å². The van der Waals surface area contributed by atoms with Gasteiger partial charge in [-0.25, -0.2) is 18.1 Å². The van der Waals surface area contributed by atoms with Crippen LogP contribution < -0.4 is 10.5 Å². The van der Waals surface area contributed by atoms with E-state index in [2.05, 4.69) is 9.71 Å². The number of benzene rings is 1. The molecule has 0 aliphatic rings. The van der Waals surface area contributed by atoms with Gasteiger partial charge in [0.15, 0.2) is 0 Å². The van der Waals surface area contributed by atoms with E-state index in [1.165, 1.54) is 12.1 Å². The second-order valence-corrected chi connectivity index (χ2v) is 6.61. The highest BCUT2D eigenvalue weighted by Crippen LogP contribution is 2.19. The highest BCUT2D eigenvalue weighted by Gasteiger charge is 2.14. The van der Waals surface area contributed by atoms with Crippen LogP contribution in [0.15, 0.2) is 35.2 Å². The van der Waals surface area contributed by atoms with Crippen LogP contribution in [0.2, 0.25) is 5.15 Å². The average molecular weight is 328 g/mol. The monoisotopic (exact) mass is 327 g/mol. The van der Waals surface area contributed by atoms with E-state index >= 15 is 0 Å². The summed E-state index contributed by atoms with van der Waals surface area (Å²) in [5.74, 6) is -0.456. The van der Waals surface area contributed by atoms with E-state index in [1.807, 2.05) is 0 Å². The Morgan fingerprint density at radius 1 is 1.29 bits per heavy atom. The summed E-state index contributed by atoms with van der Waals surface area (Å²) >= 11 is 5.78. The molecule has 0 fully saturated rings. The van der Waals surface area contributed by atoms with E-state index in [0.29, 0.717) is 22.5 Å². The van der Waals surface area contributed by atoms with Crippen LogP contribution in [0.3, 0.4) is 0 Å². The molecule has 0 saturated carbocycles. The normalized spacial score (nSPS) is 11.7. The minimum atomic E-state index is -3.62. The van der Waals surface area contributed by atoms with E-state index in [9.17, 15) is 13.2 Å². The van der Waals surface area contributed by atoms with Crippen LogP contribution in [0.1, 0.15) is 12.8 Å². The molecule has 0 atom stereocenters. The number of aromatic nitrogens is 1. The van der Waals surface area contributed by atoms with Crippen molar-refractivity contribution in [1.82, 2.24) is 9.71 Å². The summed E-state index contributed by atoms with van der Waals surface area (Å²) in [5, 5.41) is 1.03. The Morgan fingerprint density at radius 2 is 2.05 bits per heavy atom. The van der Waals surface area contributed by atoms with Crippen molar-refractivity contribution in [3.8, 4) is 0 Å². The fraction of sp³-hybridized carbons (Fsp3) is 0.231. The van der Waals surface area contributed by atoms with Gasteiger partial charge in [-0.05, 0) is 36.8 Å². The third kappa shape index (κ3) is 4.13. The number of sulfonamides is 1. The number of fused-ring (bicyclic) bond motifs is 1. The van der Waals surface area contributed by atoms with E-state index in [-0.39, 0.29) is 17.9 Å². The van der Waals surface area contributed by atoms with Gasteiger partial charge in [0.05, 0.1) is 10.4 Å². The standard InChI is InChI=1S/C13H14ClN3O3S/c14-12-6-3-9-8-10(4-5-11(9)17-12)21(19,20)16-7-1-2-13(15)18/h3-6,8,16H,1-2,7H2,(H2,15,18). The van der Waals surface area contributed by atoms with Gasteiger partial charge in [0, 0.05) is 18.4 Å². The van der Waals surface area contributed by atoms with Crippen LogP contribution in [0.4, 0.5) is 0 Å². The topological polar surface area (TPSA) is 102 Å². The summed E-state index contributed by atoms with van der Waals surface area (Å²) in [4.78, 5) is 14.8. The second-order valence-electron chi connectivity index (χ2n) is 4.46. The molecule has 0 unspecified atom stereocenters. The Morgan fingerprint density at radius 3 is 2.76 bits per heavy atom. The van der Waals surface area contributed by atoms with Crippen molar-refractivity contribution >= 4 is 38.4 Å². The van der Waals surface area contributed by atoms with E-state index in [1.54, 1.807) is 18.2 Å². The SMILES string of the molecule is NC(=O)CCCNS(=O)(=O)c1ccc2nc(Cl)ccc2c1. The Bertz CT molecular complexity index is 777. The van der Waals surface area contributed by atoms with Gasteiger partial charge in [0.1, 0.15) is 5.15 Å². The first-order chi connectivity index (χ1) is 9.88. The van der Waals surface area contributed by atoms with Crippen molar-refractivity contribution < 1.29 is 13.2 Å². The Hall–Kier alpha value is -1.70. The van der Waals surface area contributed by atoms with Gasteiger partial charge in [0.2, 0.25) is 15.9 Å². The lowest BCUT2D eigenvalue weighted by molar-refractivity contribution is -0.118. The van der Waals surface area contributed by atoms with Gasteiger partial charge < -0.3 is 5.73 Å². The van der Waals surface area contributed by atoms with Gasteiger partial charge in [-0.2, -0.15) is 0 Å². The number of nitrogens with two attached hydrogens (primary N) is 1. The Kier molecular flexibility index (Phi) is 4.76. The maximum atomic E-state index is 12.1. The molecule has 0 aliphatic heterocycles. The smallest absolute Gasteiger partial charge is 0.240 e. The Balaban J connectivity index is 2.16. The lowest BCUT2D eigenvalue weighted by Gasteiger charge is -2.07. The molecule has 0 saturated heterocycles. The number of pyridine rings is 1. The number of halogens is 1. The maximum absolute atomic E-state index is 12.1. The van der Waals surface area contributed by atoms with Crippen LogP contribution in [0.5, 0.6) is 0 Å². The summed E-state index contributed by atoms with van der Waals surface area (Å²) in [6.45, 7) is 0.155. The zero-order valence-electron chi connectivity index (χ0n) is 11.0. The number of carbonyl (C=O) groups is 1. The van der Waals surface area contributed by atoms with Crippen LogP contribution >= 0.6 is 11.6 Å². The minimum Gasteiger partial charge on any atom is -0.370 e. The number of nitrogens with zero attached hydrogens (tertiary/aromatic N) is 1. The summed E-state index contributed by atoms with van der Waals surface area (Å²) in [6, 6.07) is 7.88. The number of nitrogens with one attached hydrogen (secondary N) is 1. The fourth-order valence-electron chi connectivity index (χ4n) is 1.80. The van der Waals surface area contributed by atoms with Crippen molar-refractivity contribution in [3.05, 3.63) is 35.5 Å². The number of carbonyl (C=O) groups excluding carboxylic acids is 1. The zero-order valence-corrected chi connectivity index (χ0v) is 12.6. The molecule has 1 heterocycles. The minimum absolute atomic E-state index is 0.137. The van der Waals surface area contributed by atoms with E-state index < -0.39 is 15.9 Å². The molecular weight excluding hydrogens is 314 g/mol. The first-order valence-corrected chi connectivity index (χ1v) is 8.09. The molecule has 0 bridgehead atoms. The molecule has 2 aromatic rings. The van der Waals surface area contributed by atoms with Gasteiger partial charge >= 0.3 is 0 Å². The zero-order chi connectivity index (χ0) is 15.5. The van der Waals surface area contributed by atoms with Crippen LogP contribution in [0.25, 0.3) is 10.9 Å². The fourth-order valence-corrected chi connectivity index (χ4v) is 3.06. The number of rotatable bonds is 6. The molecule has 112 valence electrons. The van der Waals surface area contributed by atoms with Gasteiger partial charge in [-0.3, -0.25) is 4.79 Å². The predicted molar refractivity (Wildman–Crippen MR) is 80.4 cm³/mol. The predicted octanol–water partition coefficient (Wildman–Crippen LogP) is 1.43. The van der Waals surface area contributed by atoms with Crippen molar-refractivity contribution in [2.45, 2.75) is 17.7 Å². The molecule has 0 spiro atoms. The summed E-state index contributed by atoms with van der Waals surface area (Å²) < 4.78 is 26.7. The molecule has 6 nitrogen and oxygen atoms in total. The first kappa shape index (κ1) is 15.7. The van der Waals surface area contributed by atoms with Crippen LogP contribution in [0, 0.1) is 0 Å². The average Bonchev–Trinajstić information content (AvgIpc) is 2.43. The molecule has 0 radical (unpaired) electrons. The molecule has 3 N–H and O–H groups in total. The molecular formula is C13H14ClN3O3S.